The van der Waals surface area contributed by atoms with Crippen LogP contribution in [0, 0.1) is 0 Å². The molecule has 2 heterocycles. The predicted octanol–water partition coefficient (Wildman–Crippen LogP) is 3.97. The number of carbonyl (C=O) groups is 1. The van der Waals surface area contributed by atoms with Crippen LogP contribution in [0.3, 0.4) is 0 Å². The molecule has 1 amide bonds. The summed E-state index contributed by atoms with van der Waals surface area (Å²) >= 11 is 3.77. The van der Waals surface area contributed by atoms with E-state index in [-0.39, 0.29) is 12.5 Å². The second-order valence-electron chi connectivity index (χ2n) is 5.52. The van der Waals surface area contributed by atoms with Gasteiger partial charge in [-0.05, 0) is 23.4 Å². The monoisotopic (exact) mass is 347 g/mol. The SMILES string of the molecule is O=C(COCc1ccccc1)N1CCSC(c2cccs2)CC1. The van der Waals surface area contributed by atoms with E-state index in [1.807, 2.05) is 58.3 Å². The van der Waals surface area contributed by atoms with Gasteiger partial charge in [-0.15, -0.1) is 11.3 Å². The molecule has 3 rings (SSSR count). The van der Waals surface area contributed by atoms with Crippen molar-refractivity contribution in [3.8, 4) is 0 Å². The summed E-state index contributed by atoms with van der Waals surface area (Å²) < 4.78 is 5.58. The highest BCUT2D eigenvalue weighted by atomic mass is 32.2. The van der Waals surface area contributed by atoms with Crippen molar-refractivity contribution in [1.82, 2.24) is 4.90 Å². The molecule has 5 heteroatoms. The van der Waals surface area contributed by atoms with Crippen LogP contribution in [0.5, 0.6) is 0 Å². The Morgan fingerprint density at radius 3 is 2.83 bits per heavy atom. The summed E-state index contributed by atoms with van der Waals surface area (Å²) in [4.78, 5) is 15.7. The molecule has 0 N–H and O–H groups in total. The molecule has 1 aliphatic heterocycles. The fraction of sp³-hybridized carbons (Fsp3) is 0.389. The lowest BCUT2D eigenvalue weighted by atomic mass is 10.2. The Hall–Kier alpha value is -1.30. The first-order valence-electron chi connectivity index (χ1n) is 7.87. The van der Waals surface area contributed by atoms with Gasteiger partial charge in [0.2, 0.25) is 5.91 Å². The highest BCUT2D eigenvalue weighted by Crippen LogP contribution is 2.36. The predicted molar refractivity (Wildman–Crippen MR) is 96.8 cm³/mol. The van der Waals surface area contributed by atoms with Gasteiger partial charge in [0.25, 0.3) is 0 Å². The number of hydrogen-bond donors (Lipinski definition) is 0. The van der Waals surface area contributed by atoms with Gasteiger partial charge >= 0.3 is 0 Å². The third-order valence-electron chi connectivity index (χ3n) is 3.89. The molecule has 1 saturated heterocycles. The molecule has 1 aliphatic rings. The molecule has 1 unspecified atom stereocenters. The maximum Gasteiger partial charge on any atom is 0.248 e. The summed E-state index contributed by atoms with van der Waals surface area (Å²) in [5.41, 5.74) is 1.10. The zero-order valence-corrected chi connectivity index (χ0v) is 14.7. The summed E-state index contributed by atoms with van der Waals surface area (Å²) in [6.07, 6.45) is 1.02. The number of rotatable bonds is 5. The van der Waals surface area contributed by atoms with Crippen molar-refractivity contribution in [2.24, 2.45) is 0 Å². The number of thioether (sulfide) groups is 1. The zero-order valence-electron chi connectivity index (χ0n) is 13.0. The van der Waals surface area contributed by atoms with E-state index in [0.29, 0.717) is 11.9 Å². The summed E-state index contributed by atoms with van der Waals surface area (Å²) in [5, 5.41) is 2.65. The minimum atomic E-state index is 0.105. The third-order valence-corrected chi connectivity index (χ3v) is 6.34. The lowest BCUT2D eigenvalue weighted by molar-refractivity contribution is -0.136. The number of thiophene rings is 1. The minimum absolute atomic E-state index is 0.105. The molecule has 2 aromatic rings. The number of amides is 1. The van der Waals surface area contributed by atoms with Crippen molar-refractivity contribution in [3.05, 3.63) is 58.3 Å². The second-order valence-corrected chi connectivity index (χ2v) is 7.81. The van der Waals surface area contributed by atoms with Gasteiger partial charge in [-0.3, -0.25) is 4.79 Å². The molecule has 0 aliphatic carbocycles. The normalized spacial score (nSPS) is 18.6. The fourth-order valence-corrected chi connectivity index (χ4v) is 4.88. The number of nitrogens with zero attached hydrogens (tertiary/aromatic N) is 1. The lowest BCUT2D eigenvalue weighted by Crippen LogP contribution is -2.35. The van der Waals surface area contributed by atoms with Crippen LogP contribution >= 0.6 is 23.1 Å². The molecule has 0 bridgehead atoms. The Morgan fingerprint density at radius 1 is 1.17 bits per heavy atom. The van der Waals surface area contributed by atoms with Gasteiger partial charge in [-0.2, -0.15) is 11.8 Å². The van der Waals surface area contributed by atoms with Gasteiger partial charge in [0.1, 0.15) is 6.61 Å². The van der Waals surface area contributed by atoms with Gasteiger partial charge in [0, 0.05) is 29.0 Å². The fourth-order valence-electron chi connectivity index (χ4n) is 2.64. The zero-order chi connectivity index (χ0) is 15.9. The molecular weight excluding hydrogens is 326 g/mol. The number of benzene rings is 1. The molecule has 1 fully saturated rings. The van der Waals surface area contributed by atoms with Crippen LogP contribution in [0.1, 0.15) is 22.1 Å². The van der Waals surface area contributed by atoms with Crippen molar-refractivity contribution < 1.29 is 9.53 Å². The number of ether oxygens (including phenoxy) is 1. The first kappa shape index (κ1) is 16.6. The van der Waals surface area contributed by atoms with Crippen molar-refractivity contribution >= 4 is 29.0 Å². The highest BCUT2D eigenvalue weighted by Gasteiger charge is 2.22. The summed E-state index contributed by atoms with van der Waals surface area (Å²) in [6, 6.07) is 14.3. The molecule has 0 spiro atoms. The Labute approximate surface area is 145 Å². The summed E-state index contributed by atoms with van der Waals surface area (Å²) in [5.74, 6) is 1.10. The third kappa shape index (κ3) is 4.83. The van der Waals surface area contributed by atoms with Crippen LogP contribution in [0.4, 0.5) is 0 Å². The van der Waals surface area contributed by atoms with E-state index in [9.17, 15) is 4.79 Å². The van der Waals surface area contributed by atoms with E-state index < -0.39 is 0 Å². The van der Waals surface area contributed by atoms with E-state index in [4.69, 9.17) is 4.74 Å². The van der Waals surface area contributed by atoms with Crippen LogP contribution in [0.15, 0.2) is 47.8 Å². The minimum Gasteiger partial charge on any atom is -0.367 e. The molecule has 1 atom stereocenters. The van der Waals surface area contributed by atoms with Gasteiger partial charge in [-0.25, -0.2) is 0 Å². The molecule has 1 aromatic heterocycles. The molecule has 23 heavy (non-hydrogen) atoms. The first-order valence-corrected chi connectivity index (χ1v) is 9.80. The van der Waals surface area contributed by atoms with Gasteiger partial charge in [0.15, 0.2) is 0 Å². The maximum atomic E-state index is 12.3. The highest BCUT2D eigenvalue weighted by molar-refractivity contribution is 7.99. The van der Waals surface area contributed by atoms with Crippen molar-refractivity contribution in [3.63, 3.8) is 0 Å². The van der Waals surface area contributed by atoms with Crippen LogP contribution < -0.4 is 0 Å². The van der Waals surface area contributed by atoms with Crippen molar-refractivity contribution in [2.45, 2.75) is 18.3 Å². The Morgan fingerprint density at radius 2 is 2.04 bits per heavy atom. The molecular formula is C18H21NO2S2. The van der Waals surface area contributed by atoms with Crippen molar-refractivity contribution in [2.75, 3.05) is 25.4 Å². The Kier molecular flexibility index (Phi) is 6.13. The van der Waals surface area contributed by atoms with E-state index in [1.54, 1.807) is 0 Å². The molecule has 122 valence electrons. The molecule has 0 radical (unpaired) electrons. The van der Waals surface area contributed by atoms with E-state index in [2.05, 4.69) is 17.5 Å². The first-order chi connectivity index (χ1) is 11.3. The average Bonchev–Trinajstić information content (AvgIpc) is 3.00. The quantitative estimate of drug-likeness (QED) is 0.819. The smallest absolute Gasteiger partial charge is 0.248 e. The molecule has 1 aromatic carbocycles. The van der Waals surface area contributed by atoms with Crippen LogP contribution in [0.2, 0.25) is 0 Å². The van der Waals surface area contributed by atoms with E-state index in [1.165, 1.54) is 4.88 Å². The molecule has 0 saturated carbocycles. The van der Waals surface area contributed by atoms with E-state index >= 15 is 0 Å². The second kappa shape index (κ2) is 8.52. The summed E-state index contributed by atoms with van der Waals surface area (Å²) in [7, 11) is 0. The van der Waals surface area contributed by atoms with E-state index in [0.717, 1.165) is 30.8 Å². The number of hydrogen-bond acceptors (Lipinski definition) is 4. The van der Waals surface area contributed by atoms with Gasteiger partial charge < -0.3 is 9.64 Å². The standard InChI is InChI=1S/C18H21NO2S2/c20-18(14-21-13-15-5-2-1-3-6-15)19-9-8-17(23-12-10-19)16-7-4-11-22-16/h1-7,11,17H,8-10,12-14H2. The summed E-state index contributed by atoms with van der Waals surface area (Å²) in [6.45, 7) is 2.30. The van der Waals surface area contributed by atoms with Gasteiger partial charge in [-0.1, -0.05) is 36.4 Å². The topological polar surface area (TPSA) is 29.5 Å². The largest absolute Gasteiger partial charge is 0.367 e. The van der Waals surface area contributed by atoms with Crippen LogP contribution in [-0.2, 0) is 16.1 Å². The van der Waals surface area contributed by atoms with Crippen molar-refractivity contribution in [1.29, 1.82) is 0 Å². The Balaban J connectivity index is 1.44. The average molecular weight is 348 g/mol. The Bertz CT molecular complexity index is 601. The molecule has 3 nitrogen and oxygen atoms in total. The van der Waals surface area contributed by atoms with Gasteiger partial charge in [0.05, 0.1) is 6.61 Å². The van der Waals surface area contributed by atoms with Crippen LogP contribution in [0.25, 0.3) is 0 Å². The lowest BCUT2D eigenvalue weighted by Gasteiger charge is -2.20. The number of carbonyl (C=O) groups excluding carboxylic acids is 1. The maximum absolute atomic E-state index is 12.3. The van der Waals surface area contributed by atoms with Crippen LogP contribution in [-0.4, -0.2) is 36.3 Å².